The molecule has 3 amide bonds. The van der Waals surface area contributed by atoms with Crippen molar-refractivity contribution in [3.05, 3.63) is 99.2 Å². The topological polar surface area (TPSA) is 105 Å². The van der Waals surface area contributed by atoms with Gasteiger partial charge in [-0.25, -0.2) is 9.69 Å². The SMILES string of the molecule is CCCOC(=O)c1cccc(N2C(=O)C(Cl)=C(Nc3ccc(C(=O)Nc4c(C)cc(C)cc4C)cc3)C2=O)c1. The molecule has 0 spiro atoms. The van der Waals surface area contributed by atoms with Crippen molar-refractivity contribution < 1.29 is 23.9 Å². The van der Waals surface area contributed by atoms with Crippen LogP contribution in [0, 0.1) is 20.8 Å². The normalized spacial score (nSPS) is 13.1. The van der Waals surface area contributed by atoms with Crippen molar-refractivity contribution in [1.29, 1.82) is 0 Å². The molecular weight excluding hydrogens is 518 g/mol. The summed E-state index contributed by atoms with van der Waals surface area (Å²) in [5.74, 6) is -2.21. The van der Waals surface area contributed by atoms with E-state index < -0.39 is 17.8 Å². The van der Waals surface area contributed by atoms with E-state index >= 15 is 0 Å². The summed E-state index contributed by atoms with van der Waals surface area (Å²) >= 11 is 6.25. The van der Waals surface area contributed by atoms with Crippen molar-refractivity contribution in [3.63, 3.8) is 0 Å². The molecule has 4 rings (SSSR count). The van der Waals surface area contributed by atoms with Gasteiger partial charge in [0.05, 0.1) is 17.9 Å². The Morgan fingerprint density at radius 2 is 1.56 bits per heavy atom. The van der Waals surface area contributed by atoms with Crippen LogP contribution in [-0.2, 0) is 14.3 Å². The minimum Gasteiger partial charge on any atom is -0.462 e. The molecule has 0 atom stereocenters. The van der Waals surface area contributed by atoms with Crippen molar-refractivity contribution in [2.45, 2.75) is 34.1 Å². The van der Waals surface area contributed by atoms with Gasteiger partial charge >= 0.3 is 5.97 Å². The number of imide groups is 1. The molecule has 2 N–H and O–H groups in total. The van der Waals surface area contributed by atoms with Crippen LogP contribution in [0.3, 0.4) is 0 Å². The highest BCUT2D eigenvalue weighted by Crippen LogP contribution is 2.31. The predicted molar refractivity (Wildman–Crippen MR) is 151 cm³/mol. The molecular formula is C30H28ClN3O5. The lowest BCUT2D eigenvalue weighted by atomic mass is 10.0. The fourth-order valence-corrected chi connectivity index (χ4v) is 4.52. The molecule has 1 heterocycles. The van der Waals surface area contributed by atoms with Crippen LogP contribution in [-0.4, -0.2) is 30.3 Å². The Kier molecular flexibility index (Phi) is 8.16. The third-order valence-electron chi connectivity index (χ3n) is 6.14. The van der Waals surface area contributed by atoms with E-state index in [1.54, 1.807) is 36.4 Å². The summed E-state index contributed by atoms with van der Waals surface area (Å²) in [5, 5.41) is 5.56. The van der Waals surface area contributed by atoms with Gasteiger partial charge in [-0.05, 0) is 80.8 Å². The first kappa shape index (κ1) is 27.6. The number of halogens is 1. The molecule has 0 aromatic heterocycles. The maximum Gasteiger partial charge on any atom is 0.338 e. The van der Waals surface area contributed by atoms with Gasteiger partial charge in [-0.3, -0.25) is 14.4 Å². The maximum atomic E-state index is 13.2. The fourth-order valence-electron chi connectivity index (χ4n) is 4.31. The highest BCUT2D eigenvalue weighted by molar-refractivity contribution is 6.53. The number of carbonyl (C=O) groups is 4. The third-order valence-corrected chi connectivity index (χ3v) is 6.49. The van der Waals surface area contributed by atoms with Crippen LogP contribution in [0.15, 0.2) is 71.4 Å². The maximum absolute atomic E-state index is 13.2. The Bertz CT molecular complexity index is 1490. The molecule has 9 heteroatoms. The minimum atomic E-state index is -0.719. The molecule has 3 aromatic rings. The highest BCUT2D eigenvalue weighted by Gasteiger charge is 2.39. The van der Waals surface area contributed by atoms with Crippen LogP contribution < -0.4 is 15.5 Å². The van der Waals surface area contributed by atoms with E-state index in [2.05, 4.69) is 10.6 Å². The first-order chi connectivity index (χ1) is 18.6. The second-order valence-electron chi connectivity index (χ2n) is 9.25. The second-order valence-corrected chi connectivity index (χ2v) is 9.63. The zero-order valence-corrected chi connectivity index (χ0v) is 22.8. The van der Waals surface area contributed by atoms with E-state index in [9.17, 15) is 19.2 Å². The average Bonchev–Trinajstić information content (AvgIpc) is 3.12. The van der Waals surface area contributed by atoms with Crippen molar-refractivity contribution in [1.82, 2.24) is 0 Å². The van der Waals surface area contributed by atoms with Gasteiger partial charge < -0.3 is 15.4 Å². The number of hydrogen-bond acceptors (Lipinski definition) is 6. The van der Waals surface area contributed by atoms with E-state index in [0.717, 1.165) is 27.3 Å². The average molecular weight is 546 g/mol. The van der Waals surface area contributed by atoms with Crippen molar-refractivity contribution >= 4 is 52.4 Å². The smallest absolute Gasteiger partial charge is 0.338 e. The van der Waals surface area contributed by atoms with Crippen LogP contribution in [0.2, 0.25) is 0 Å². The molecule has 0 unspecified atom stereocenters. The van der Waals surface area contributed by atoms with Gasteiger partial charge in [-0.1, -0.05) is 42.3 Å². The quantitative estimate of drug-likeness (QED) is 0.271. The molecule has 0 radical (unpaired) electrons. The number of esters is 1. The number of ether oxygens (including phenoxy) is 1. The molecule has 0 saturated carbocycles. The van der Waals surface area contributed by atoms with Gasteiger partial charge in [-0.15, -0.1) is 0 Å². The number of amides is 3. The van der Waals surface area contributed by atoms with Crippen LogP contribution in [0.25, 0.3) is 0 Å². The third kappa shape index (κ3) is 5.86. The number of rotatable bonds is 8. The molecule has 8 nitrogen and oxygen atoms in total. The number of benzene rings is 3. The number of nitrogens with one attached hydrogen (secondary N) is 2. The first-order valence-corrected chi connectivity index (χ1v) is 12.8. The predicted octanol–water partition coefficient (Wildman–Crippen LogP) is 5.87. The molecule has 1 aliphatic heterocycles. The first-order valence-electron chi connectivity index (χ1n) is 12.4. The van der Waals surface area contributed by atoms with Crippen molar-refractivity contribution in [2.24, 2.45) is 0 Å². The van der Waals surface area contributed by atoms with Gasteiger partial charge in [0.1, 0.15) is 10.7 Å². The molecule has 3 aromatic carbocycles. The Morgan fingerprint density at radius 1 is 0.897 bits per heavy atom. The largest absolute Gasteiger partial charge is 0.462 e. The summed E-state index contributed by atoms with van der Waals surface area (Å²) in [6, 6.07) is 16.5. The molecule has 0 fully saturated rings. The summed E-state index contributed by atoms with van der Waals surface area (Å²) in [5.41, 5.74) is 5.00. The second kappa shape index (κ2) is 11.5. The standard InChI is InChI=1S/C30H28ClN3O5/c1-5-13-39-30(38)21-7-6-8-23(16-21)34-28(36)24(31)26(29(34)37)32-22-11-9-20(10-12-22)27(35)33-25-18(3)14-17(2)15-19(25)4/h6-12,14-16,32H,5,13H2,1-4H3,(H,33,35). The lowest BCUT2D eigenvalue weighted by molar-refractivity contribution is -0.120. The van der Waals surface area contributed by atoms with E-state index in [-0.39, 0.29) is 34.5 Å². The van der Waals surface area contributed by atoms with Crippen LogP contribution >= 0.6 is 11.6 Å². The molecule has 200 valence electrons. The number of nitrogens with zero attached hydrogens (tertiary/aromatic N) is 1. The lowest BCUT2D eigenvalue weighted by Gasteiger charge is -2.16. The number of aryl methyl sites for hydroxylation is 3. The Morgan fingerprint density at radius 3 is 2.21 bits per heavy atom. The Hall–Kier alpha value is -4.43. The van der Waals surface area contributed by atoms with Gasteiger partial charge in [0.2, 0.25) is 0 Å². The zero-order chi connectivity index (χ0) is 28.3. The monoisotopic (exact) mass is 545 g/mol. The summed E-state index contributed by atoms with van der Waals surface area (Å²) in [6.07, 6.45) is 0.667. The summed E-state index contributed by atoms with van der Waals surface area (Å²) in [4.78, 5) is 52.0. The van der Waals surface area contributed by atoms with E-state index in [1.165, 1.54) is 12.1 Å². The molecule has 0 bridgehead atoms. The van der Waals surface area contributed by atoms with Crippen molar-refractivity contribution in [3.8, 4) is 0 Å². The van der Waals surface area contributed by atoms with Crippen LogP contribution in [0.4, 0.5) is 17.1 Å². The molecule has 0 saturated heterocycles. The van der Waals surface area contributed by atoms with Gasteiger partial charge in [-0.2, -0.15) is 0 Å². The highest BCUT2D eigenvalue weighted by atomic mass is 35.5. The van der Waals surface area contributed by atoms with Crippen molar-refractivity contribution in [2.75, 3.05) is 22.1 Å². The Balaban J connectivity index is 1.48. The molecule has 1 aliphatic rings. The number of hydrogen-bond donors (Lipinski definition) is 2. The summed E-state index contributed by atoms with van der Waals surface area (Å²) < 4.78 is 5.14. The number of anilines is 3. The lowest BCUT2D eigenvalue weighted by Crippen LogP contribution is -2.32. The Labute approximate surface area is 231 Å². The zero-order valence-electron chi connectivity index (χ0n) is 22.1. The minimum absolute atomic E-state index is 0.108. The van der Waals surface area contributed by atoms with Gasteiger partial charge in [0, 0.05) is 16.9 Å². The van der Waals surface area contributed by atoms with E-state index in [1.807, 2.05) is 39.8 Å². The summed E-state index contributed by atoms with van der Waals surface area (Å²) in [6.45, 7) is 8.03. The summed E-state index contributed by atoms with van der Waals surface area (Å²) in [7, 11) is 0. The molecule has 39 heavy (non-hydrogen) atoms. The fraction of sp³-hybridized carbons (Fsp3) is 0.200. The van der Waals surface area contributed by atoms with Gasteiger partial charge in [0.25, 0.3) is 17.7 Å². The van der Waals surface area contributed by atoms with Gasteiger partial charge in [0.15, 0.2) is 0 Å². The molecule has 0 aliphatic carbocycles. The van der Waals surface area contributed by atoms with Crippen LogP contribution in [0.5, 0.6) is 0 Å². The van der Waals surface area contributed by atoms with E-state index in [0.29, 0.717) is 17.7 Å². The van der Waals surface area contributed by atoms with Crippen LogP contribution in [0.1, 0.15) is 50.8 Å². The van der Waals surface area contributed by atoms with E-state index in [4.69, 9.17) is 16.3 Å². The number of carbonyl (C=O) groups excluding carboxylic acids is 4.